The molecule has 1 aliphatic heterocycles. The molecule has 0 amide bonds. The van der Waals surface area contributed by atoms with Crippen molar-refractivity contribution in [3.05, 3.63) is 97.1 Å². The van der Waals surface area contributed by atoms with Gasteiger partial charge in [0, 0.05) is 23.3 Å². The fraction of sp³-hybridized carbons (Fsp3) is 0.214. The van der Waals surface area contributed by atoms with Crippen LogP contribution in [-0.4, -0.2) is 12.6 Å². The number of piperidine rings is 1. The lowest BCUT2D eigenvalue weighted by atomic mass is 10.0. The van der Waals surface area contributed by atoms with Crippen LogP contribution in [0.3, 0.4) is 0 Å². The van der Waals surface area contributed by atoms with Gasteiger partial charge in [-0.3, -0.25) is 0 Å². The second-order valence-electron chi connectivity index (χ2n) is 8.20. The normalized spacial score (nSPS) is 16.9. The van der Waals surface area contributed by atoms with Crippen LogP contribution in [0, 0.1) is 0 Å². The molecule has 1 heterocycles. The summed E-state index contributed by atoms with van der Waals surface area (Å²) < 4.78 is 0. The third-order valence-corrected chi connectivity index (χ3v) is 8.71. The van der Waals surface area contributed by atoms with Crippen LogP contribution in [0.2, 0.25) is 0 Å². The highest BCUT2D eigenvalue weighted by Gasteiger charge is 2.27. The van der Waals surface area contributed by atoms with Crippen molar-refractivity contribution in [2.24, 2.45) is 0 Å². The molecule has 1 fully saturated rings. The van der Waals surface area contributed by atoms with Crippen LogP contribution in [0.1, 0.15) is 26.2 Å². The maximum absolute atomic E-state index is 2.70. The Hall–Kier alpha value is -2.63. The quantitative estimate of drug-likeness (QED) is 0.375. The number of fused-ring (bicyclic) bond motifs is 1. The number of nitrogens with zero attached hydrogens (tertiary/aromatic N) is 1. The first-order valence-electron chi connectivity index (χ1n) is 11.0. The van der Waals surface area contributed by atoms with Crippen molar-refractivity contribution in [1.29, 1.82) is 0 Å². The average Bonchev–Trinajstić information content (AvgIpc) is 2.81. The van der Waals surface area contributed by atoms with Gasteiger partial charge in [-0.05, 0) is 50.1 Å². The van der Waals surface area contributed by atoms with E-state index in [9.17, 15) is 0 Å². The molecule has 0 aliphatic carbocycles. The van der Waals surface area contributed by atoms with Gasteiger partial charge in [0.15, 0.2) is 0 Å². The van der Waals surface area contributed by atoms with Crippen molar-refractivity contribution in [2.75, 3.05) is 11.4 Å². The molecule has 2 heteroatoms. The Balaban J connectivity index is 1.78. The Morgan fingerprint density at radius 3 is 2.00 bits per heavy atom. The van der Waals surface area contributed by atoms with E-state index in [1.165, 1.54) is 51.6 Å². The minimum Gasteiger partial charge on any atom is -0.368 e. The van der Waals surface area contributed by atoms with E-state index in [0.717, 1.165) is 6.54 Å². The standard InChI is InChI=1S/C28H28NP/c1-22-12-10-11-21-29(22)28-26-18-9-8-13-23(26)19-20-27(28)30(24-14-4-2-5-15-24)25-16-6-3-7-17-25/h2-9,13-20,22H,10-12,21H2,1H3/t22-/m1/s1. The number of rotatable bonds is 4. The minimum atomic E-state index is -0.626. The van der Waals surface area contributed by atoms with Gasteiger partial charge in [0.05, 0.1) is 5.69 Å². The molecular formula is C28H28NP. The Kier molecular flexibility index (Phi) is 5.56. The summed E-state index contributed by atoms with van der Waals surface area (Å²) in [5, 5.41) is 7.04. The first-order chi connectivity index (χ1) is 14.8. The lowest BCUT2D eigenvalue weighted by molar-refractivity contribution is 0.486. The molecule has 1 saturated heterocycles. The Bertz CT molecular complexity index is 1080. The molecule has 30 heavy (non-hydrogen) atoms. The maximum atomic E-state index is 2.70. The highest BCUT2D eigenvalue weighted by Crippen LogP contribution is 2.41. The van der Waals surface area contributed by atoms with Gasteiger partial charge in [0.1, 0.15) is 0 Å². The van der Waals surface area contributed by atoms with E-state index in [4.69, 9.17) is 0 Å². The molecule has 0 unspecified atom stereocenters. The molecule has 0 N–H and O–H groups in total. The van der Waals surface area contributed by atoms with Gasteiger partial charge in [-0.2, -0.15) is 0 Å². The Labute approximate surface area is 181 Å². The van der Waals surface area contributed by atoms with E-state index in [2.05, 4.69) is 109 Å². The number of benzene rings is 4. The van der Waals surface area contributed by atoms with Crippen molar-refractivity contribution in [2.45, 2.75) is 32.2 Å². The summed E-state index contributed by atoms with van der Waals surface area (Å²) in [6, 6.07) is 36.4. The first-order valence-corrected chi connectivity index (χ1v) is 12.4. The van der Waals surface area contributed by atoms with E-state index in [-0.39, 0.29) is 0 Å². The predicted molar refractivity (Wildman–Crippen MR) is 133 cm³/mol. The van der Waals surface area contributed by atoms with E-state index in [0.29, 0.717) is 6.04 Å². The summed E-state index contributed by atoms with van der Waals surface area (Å²) in [6.45, 7) is 3.55. The molecule has 5 rings (SSSR count). The second-order valence-corrected chi connectivity index (χ2v) is 10.4. The van der Waals surface area contributed by atoms with E-state index in [1.54, 1.807) is 0 Å². The molecular weight excluding hydrogens is 381 g/mol. The SMILES string of the molecule is C[C@@H]1CCCCN1c1c(P(c2ccccc2)c2ccccc2)ccc2ccccc12. The Morgan fingerprint density at radius 1 is 0.700 bits per heavy atom. The van der Waals surface area contributed by atoms with E-state index < -0.39 is 7.92 Å². The zero-order valence-corrected chi connectivity index (χ0v) is 18.4. The van der Waals surface area contributed by atoms with Crippen molar-refractivity contribution >= 4 is 40.3 Å². The molecule has 1 aliphatic rings. The lowest BCUT2D eigenvalue weighted by Gasteiger charge is -2.39. The summed E-state index contributed by atoms with van der Waals surface area (Å²) >= 11 is 0. The number of hydrogen-bond acceptors (Lipinski definition) is 1. The molecule has 0 saturated carbocycles. The monoisotopic (exact) mass is 409 g/mol. The van der Waals surface area contributed by atoms with Gasteiger partial charge in [-0.15, -0.1) is 0 Å². The summed E-state index contributed by atoms with van der Waals surface area (Å²) in [5.74, 6) is 0. The smallest absolute Gasteiger partial charge is 0.0533 e. The highest BCUT2D eigenvalue weighted by atomic mass is 31.1. The zero-order chi connectivity index (χ0) is 20.3. The molecule has 1 atom stereocenters. The number of anilines is 1. The molecule has 0 spiro atoms. The van der Waals surface area contributed by atoms with E-state index in [1.807, 2.05) is 0 Å². The van der Waals surface area contributed by atoms with Gasteiger partial charge in [-0.25, -0.2) is 0 Å². The molecule has 4 aromatic rings. The van der Waals surface area contributed by atoms with Crippen LogP contribution >= 0.6 is 7.92 Å². The van der Waals surface area contributed by atoms with Crippen LogP contribution < -0.4 is 20.8 Å². The topological polar surface area (TPSA) is 3.24 Å². The first kappa shape index (κ1) is 19.3. The van der Waals surface area contributed by atoms with Crippen LogP contribution in [0.15, 0.2) is 97.1 Å². The fourth-order valence-corrected chi connectivity index (χ4v) is 7.22. The van der Waals surface area contributed by atoms with Gasteiger partial charge < -0.3 is 4.90 Å². The third-order valence-electron chi connectivity index (χ3n) is 6.24. The number of hydrogen-bond donors (Lipinski definition) is 0. The van der Waals surface area contributed by atoms with Crippen LogP contribution in [0.5, 0.6) is 0 Å². The van der Waals surface area contributed by atoms with Crippen molar-refractivity contribution in [3.8, 4) is 0 Å². The Morgan fingerprint density at radius 2 is 1.33 bits per heavy atom. The second kappa shape index (κ2) is 8.62. The fourth-order valence-electron chi connectivity index (χ4n) is 4.74. The van der Waals surface area contributed by atoms with Gasteiger partial charge in [-0.1, -0.05) is 97.1 Å². The maximum Gasteiger partial charge on any atom is 0.0533 e. The third kappa shape index (κ3) is 3.64. The van der Waals surface area contributed by atoms with Gasteiger partial charge >= 0.3 is 0 Å². The molecule has 4 aromatic carbocycles. The van der Waals surface area contributed by atoms with E-state index >= 15 is 0 Å². The average molecular weight is 410 g/mol. The molecule has 0 radical (unpaired) electrons. The van der Waals surface area contributed by atoms with Crippen LogP contribution in [-0.2, 0) is 0 Å². The minimum absolute atomic E-state index is 0.576. The summed E-state index contributed by atoms with van der Waals surface area (Å²) in [6.07, 6.45) is 3.89. The van der Waals surface area contributed by atoms with Crippen molar-refractivity contribution in [3.63, 3.8) is 0 Å². The lowest BCUT2D eigenvalue weighted by Crippen LogP contribution is -2.40. The zero-order valence-electron chi connectivity index (χ0n) is 17.5. The van der Waals surface area contributed by atoms with Gasteiger partial charge in [0.25, 0.3) is 0 Å². The molecule has 1 nitrogen and oxygen atoms in total. The highest BCUT2D eigenvalue weighted by molar-refractivity contribution is 7.80. The van der Waals surface area contributed by atoms with Crippen LogP contribution in [0.4, 0.5) is 5.69 Å². The largest absolute Gasteiger partial charge is 0.368 e. The molecule has 150 valence electrons. The van der Waals surface area contributed by atoms with Crippen molar-refractivity contribution < 1.29 is 0 Å². The van der Waals surface area contributed by atoms with Crippen molar-refractivity contribution in [1.82, 2.24) is 0 Å². The molecule has 0 aromatic heterocycles. The summed E-state index contributed by atoms with van der Waals surface area (Å²) in [7, 11) is -0.626. The molecule has 0 bridgehead atoms. The summed E-state index contributed by atoms with van der Waals surface area (Å²) in [4.78, 5) is 2.70. The predicted octanol–water partition coefficient (Wildman–Crippen LogP) is 5.98. The van der Waals surface area contributed by atoms with Crippen LogP contribution in [0.25, 0.3) is 10.8 Å². The summed E-state index contributed by atoms with van der Waals surface area (Å²) in [5.41, 5.74) is 1.46. The van der Waals surface area contributed by atoms with Gasteiger partial charge in [0.2, 0.25) is 0 Å².